The van der Waals surface area contributed by atoms with Crippen LogP contribution in [-0.2, 0) is 36.8 Å². The third kappa shape index (κ3) is 9.30. The number of hydrogen-bond donors (Lipinski definition) is 8. The van der Waals surface area contributed by atoms with E-state index in [9.17, 15) is 34.2 Å². The molecule has 10 N–H and O–H groups in total. The van der Waals surface area contributed by atoms with E-state index in [4.69, 9.17) is 11.5 Å². The lowest BCUT2D eigenvalue weighted by atomic mass is 10.0. The first-order valence-electron chi connectivity index (χ1n) is 13.9. The maximum Gasteiger partial charge on any atom is 0.326 e. The SMILES string of the molecule is CC(C)C(NC(=O)C(Cc1ccc(O)cc1)NC(=O)C(CCC(N)=O)NC(=O)C(N)Cc1c[nH]c2ccccc12)C(=O)O. The van der Waals surface area contributed by atoms with E-state index in [0.29, 0.717) is 5.56 Å². The molecule has 1 heterocycles. The van der Waals surface area contributed by atoms with E-state index in [1.807, 2.05) is 24.3 Å². The van der Waals surface area contributed by atoms with Crippen LogP contribution in [0.4, 0.5) is 0 Å². The summed E-state index contributed by atoms with van der Waals surface area (Å²) in [6, 6.07) is 8.63. The van der Waals surface area contributed by atoms with E-state index in [1.54, 1.807) is 32.2 Å². The molecule has 0 saturated carbocycles. The Balaban J connectivity index is 1.79. The highest BCUT2D eigenvalue weighted by atomic mass is 16.4. The van der Waals surface area contributed by atoms with Crippen molar-refractivity contribution >= 4 is 40.5 Å². The number of aliphatic carboxylic acids is 1. The summed E-state index contributed by atoms with van der Waals surface area (Å²) in [4.78, 5) is 66.2. The van der Waals surface area contributed by atoms with Crippen LogP contribution in [-0.4, -0.2) is 69.0 Å². The molecule has 0 spiro atoms. The molecule has 0 aliphatic rings. The number of carboxylic acid groups (broad SMARTS) is 1. The second kappa shape index (κ2) is 14.8. The fraction of sp³-hybridized carbons (Fsp3) is 0.367. The van der Waals surface area contributed by atoms with Gasteiger partial charge in [0.1, 0.15) is 23.9 Å². The minimum Gasteiger partial charge on any atom is -0.508 e. The third-order valence-electron chi connectivity index (χ3n) is 7.00. The molecule has 3 aromatic rings. The maximum atomic E-state index is 13.5. The number of carbonyl (C=O) groups is 5. The highest BCUT2D eigenvalue weighted by Crippen LogP contribution is 2.19. The van der Waals surface area contributed by atoms with Gasteiger partial charge in [-0.25, -0.2) is 4.79 Å². The number of benzene rings is 2. The summed E-state index contributed by atoms with van der Waals surface area (Å²) < 4.78 is 0. The number of nitrogens with one attached hydrogen (secondary N) is 4. The molecule has 13 nitrogen and oxygen atoms in total. The van der Waals surface area contributed by atoms with Crippen LogP contribution in [0.1, 0.15) is 37.8 Å². The Morgan fingerprint density at radius 2 is 1.49 bits per heavy atom. The molecular formula is C30H38N6O7. The van der Waals surface area contributed by atoms with Crippen LogP contribution in [0, 0.1) is 5.92 Å². The minimum absolute atomic E-state index is 0.00209. The lowest BCUT2D eigenvalue weighted by Crippen LogP contribution is -2.58. The number of carboxylic acids is 1. The van der Waals surface area contributed by atoms with Crippen molar-refractivity contribution in [3.8, 4) is 5.75 Å². The number of para-hydroxylation sites is 1. The summed E-state index contributed by atoms with van der Waals surface area (Å²) in [5.74, 6) is -4.60. The predicted molar refractivity (Wildman–Crippen MR) is 158 cm³/mol. The van der Waals surface area contributed by atoms with Crippen molar-refractivity contribution < 1.29 is 34.2 Å². The van der Waals surface area contributed by atoms with Crippen molar-refractivity contribution in [3.05, 3.63) is 65.9 Å². The van der Waals surface area contributed by atoms with Gasteiger partial charge in [0.05, 0.1) is 6.04 Å². The van der Waals surface area contributed by atoms with E-state index in [1.165, 1.54) is 12.1 Å². The molecule has 230 valence electrons. The minimum atomic E-state index is -1.27. The van der Waals surface area contributed by atoms with Crippen LogP contribution < -0.4 is 27.4 Å². The number of aromatic nitrogens is 1. The fourth-order valence-corrected chi connectivity index (χ4v) is 4.58. The Kier molecular flexibility index (Phi) is 11.2. The van der Waals surface area contributed by atoms with Gasteiger partial charge in [-0.2, -0.15) is 0 Å². The first-order valence-corrected chi connectivity index (χ1v) is 13.9. The molecule has 1 aromatic heterocycles. The van der Waals surface area contributed by atoms with Gasteiger partial charge in [-0.05, 0) is 48.1 Å². The van der Waals surface area contributed by atoms with Crippen LogP contribution in [0.5, 0.6) is 5.75 Å². The van der Waals surface area contributed by atoms with Crippen molar-refractivity contribution in [2.24, 2.45) is 17.4 Å². The molecule has 3 rings (SSSR count). The highest BCUT2D eigenvalue weighted by molar-refractivity contribution is 5.95. The van der Waals surface area contributed by atoms with E-state index >= 15 is 0 Å². The predicted octanol–water partition coefficient (Wildman–Crippen LogP) is 0.447. The first-order chi connectivity index (χ1) is 20.3. The van der Waals surface area contributed by atoms with Gasteiger partial charge in [-0.3, -0.25) is 19.2 Å². The van der Waals surface area contributed by atoms with Crippen LogP contribution in [0.15, 0.2) is 54.7 Å². The summed E-state index contributed by atoms with van der Waals surface area (Å²) in [5, 5.41) is 27.7. The molecule has 0 fully saturated rings. The zero-order chi connectivity index (χ0) is 31.7. The number of phenols is 1. The topological polar surface area (TPSA) is 230 Å². The van der Waals surface area contributed by atoms with Crippen LogP contribution in [0.3, 0.4) is 0 Å². The van der Waals surface area contributed by atoms with E-state index < -0.39 is 59.7 Å². The molecule has 0 radical (unpaired) electrons. The number of hydrogen-bond acceptors (Lipinski definition) is 7. The third-order valence-corrected chi connectivity index (χ3v) is 7.00. The molecule has 13 heteroatoms. The van der Waals surface area contributed by atoms with Gasteiger partial charge in [-0.15, -0.1) is 0 Å². The number of nitrogens with two attached hydrogens (primary N) is 2. The Hall–Kier alpha value is -4.91. The van der Waals surface area contributed by atoms with Gasteiger partial charge in [-0.1, -0.05) is 44.2 Å². The average molecular weight is 595 g/mol. The van der Waals surface area contributed by atoms with Crippen LogP contribution >= 0.6 is 0 Å². The molecule has 2 aromatic carbocycles. The second-order valence-corrected chi connectivity index (χ2v) is 10.7. The van der Waals surface area contributed by atoms with Crippen molar-refractivity contribution in [2.75, 3.05) is 0 Å². The summed E-state index contributed by atoms with van der Waals surface area (Å²) in [7, 11) is 0. The van der Waals surface area contributed by atoms with Gasteiger partial charge < -0.3 is 42.6 Å². The van der Waals surface area contributed by atoms with E-state index in [-0.39, 0.29) is 31.4 Å². The number of aromatic amines is 1. The van der Waals surface area contributed by atoms with Crippen molar-refractivity contribution in [2.45, 2.75) is 63.7 Å². The number of H-pyrrole nitrogens is 1. The van der Waals surface area contributed by atoms with Crippen molar-refractivity contribution in [1.29, 1.82) is 0 Å². The summed E-state index contributed by atoms with van der Waals surface area (Å²) in [6.07, 6.45) is 1.46. The van der Waals surface area contributed by atoms with Gasteiger partial charge in [0, 0.05) is 29.9 Å². The molecule has 0 aliphatic heterocycles. The zero-order valence-electron chi connectivity index (χ0n) is 24.0. The molecule has 0 saturated heterocycles. The summed E-state index contributed by atoms with van der Waals surface area (Å²) in [6.45, 7) is 3.25. The smallest absolute Gasteiger partial charge is 0.326 e. The lowest BCUT2D eigenvalue weighted by molar-refractivity contribution is -0.143. The Morgan fingerprint density at radius 3 is 2.12 bits per heavy atom. The molecule has 4 amide bonds. The number of amides is 4. The quantitative estimate of drug-likeness (QED) is 0.123. The molecule has 4 unspecified atom stereocenters. The number of aromatic hydroxyl groups is 1. The molecule has 0 bridgehead atoms. The van der Waals surface area contributed by atoms with Crippen LogP contribution in [0.2, 0.25) is 0 Å². The summed E-state index contributed by atoms with van der Waals surface area (Å²) in [5.41, 5.74) is 13.7. The standard InChI is InChI=1S/C30H38N6O7/c1-16(2)26(30(42)43)36-29(41)24(13-17-7-9-19(37)10-8-17)35-28(40)23(11-12-25(32)38)34-27(39)21(31)14-18-15-33-22-6-4-3-5-20(18)22/h3-10,15-16,21,23-24,26,33,37H,11-14,31H2,1-2H3,(H2,32,38)(H,34,39)(H,35,40)(H,36,41)(H,42,43). The number of fused-ring (bicyclic) bond motifs is 1. The van der Waals surface area contributed by atoms with Gasteiger partial charge in [0.25, 0.3) is 0 Å². The zero-order valence-corrected chi connectivity index (χ0v) is 24.0. The number of primary amides is 1. The number of phenolic OH excluding ortho intramolecular Hbond substituents is 1. The Bertz CT molecular complexity index is 1450. The van der Waals surface area contributed by atoms with Gasteiger partial charge in [0.15, 0.2) is 0 Å². The Morgan fingerprint density at radius 1 is 0.860 bits per heavy atom. The van der Waals surface area contributed by atoms with Gasteiger partial charge in [0.2, 0.25) is 23.6 Å². The highest BCUT2D eigenvalue weighted by Gasteiger charge is 2.32. The Labute approximate surface area is 248 Å². The molecule has 0 aliphatic carbocycles. The number of rotatable bonds is 15. The molecular weight excluding hydrogens is 556 g/mol. The van der Waals surface area contributed by atoms with Crippen LogP contribution in [0.25, 0.3) is 10.9 Å². The second-order valence-electron chi connectivity index (χ2n) is 10.7. The monoisotopic (exact) mass is 594 g/mol. The van der Waals surface area contributed by atoms with E-state index in [2.05, 4.69) is 20.9 Å². The van der Waals surface area contributed by atoms with E-state index in [0.717, 1.165) is 16.5 Å². The lowest BCUT2D eigenvalue weighted by Gasteiger charge is -2.26. The average Bonchev–Trinajstić information content (AvgIpc) is 3.36. The van der Waals surface area contributed by atoms with Crippen molar-refractivity contribution in [1.82, 2.24) is 20.9 Å². The normalized spacial score (nSPS) is 14.0. The largest absolute Gasteiger partial charge is 0.508 e. The number of carbonyl (C=O) groups excluding carboxylic acids is 4. The molecule has 4 atom stereocenters. The summed E-state index contributed by atoms with van der Waals surface area (Å²) >= 11 is 0. The maximum absolute atomic E-state index is 13.5. The van der Waals surface area contributed by atoms with Gasteiger partial charge >= 0.3 is 5.97 Å². The van der Waals surface area contributed by atoms with Crippen molar-refractivity contribution in [3.63, 3.8) is 0 Å². The fourth-order valence-electron chi connectivity index (χ4n) is 4.58. The first kappa shape index (κ1) is 32.6. The molecule has 43 heavy (non-hydrogen) atoms.